The summed E-state index contributed by atoms with van der Waals surface area (Å²) in [7, 11) is 0. The molecule has 4 aromatic rings. The zero-order valence-corrected chi connectivity index (χ0v) is 14.6. The van der Waals surface area contributed by atoms with Crippen LogP contribution in [0.5, 0.6) is 0 Å². The number of aromatic nitrogens is 3. The van der Waals surface area contributed by atoms with Crippen molar-refractivity contribution < 1.29 is 0 Å². The van der Waals surface area contributed by atoms with E-state index in [2.05, 4.69) is 51.2 Å². The fourth-order valence-corrected chi connectivity index (χ4v) is 4.67. The first-order valence-corrected chi connectivity index (χ1v) is 9.44. The van der Waals surface area contributed by atoms with Crippen LogP contribution in [0.2, 0.25) is 0 Å². The summed E-state index contributed by atoms with van der Waals surface area (Å²) >= 11 is 1.77. The average molecular weight is 349 g/mol. The molecule has 3 aromatic heterocycles. The molecule has 5 rings (SSSR count). The maximum Gasteiger partial charge on any atom is 0.180 e. The second-order valence-corrected chi connectivity index (χ2v) is 7.66. The van der Waals surface area contributed by atoms with E-state index in [0.29, 0.717) is 11.7 Å². The number of rotatable bonds is 2. The number of piperidine rings is 1. The first-order chi connectivity index (χ1) is 12.3. The smallest absolute Gasteiger partial charge is 0.180 e. The van der Waals surface area contributed by atoms with E-state index in [-0.39, 0.29) is 0 Å². The minimum absolute atomic E-state index is 0.448. The van der Waals surface area contributed by atoms with Crippen molar-refractivity contribution in [3.05, 3.63) is 48.4 Å². The fourth-order valence-electron chi connectivity index (χ4n) is 3.60. The molecule has 4 heterocycles. The van der Waals surface area contributed by atoms with E-state index < -0.39 is 0 Å². The zero-order chi connectivity index (χ0) is 16.8. The first kappa shape index (κ1) is 14.9. The normalized spacial score (nSPS) is 18.2. The van der Waals surface area contributed by atoms with E-state index in [1.165, 1.54) is 27.8 Å². The Kier molecular flexibility index (Phi) is 3.46. The van der Waals surface area contributed by atoms with Crippen LogP contribution in [0.1, 0.15) is 24.5 Å². The van der Waals surface area contributed by atoms with Crippen molar-refractivity contribution >= 4 is 32.9 Å². The molecule has 0 unspecified atom stereocenters. The highest BCUT2D eigenvalue weighted by Crippen LogP contribution is 2.34. The number of nitrogens with one attached hydrogen (secondary N) is 1. The Hall–Kier alpha value is -2.44. The van der Waals surface area contributed by atoms with E-state index in [4.69, 9.17) is 10.7 Å². The summed E-state index contributed by atoms with van der Waals surface area (Å²) in [5.41, 5.74) is 9.03. The minimum atomic E-state index is 0.448. The van der Waals surface area contributed by atoms with Crippen molar-refractivity contribution in [1.29, 1.82) is 0 Å². The third-order valence-electron chi connectivity index (χ3n) is 4.93. The molecular weight excluding hydrogens is 330 g/mol. The molecule has 0 radical (unpaired) electrons. The molecule has 0 amide bonds. The van der Waals surface area contributed by atoms with Crippen LogP contribution in [-0.4, -0.2) is 27.5 Å². The van der Waals surface area contributed by atoms with Crippen LogP contribution in [0.4, 0.5) is 5.82 Å². The molecule has 1 atom stereocenters. The monoisotopic (exact) mass is 349 g/mol. The molecule has 126 valence electrons. The van der Waals surface area contributed by atoms with Gasteiger partial charge in [-0.15, -0.1) is 11.3 Å². The summed E-state index contributed by atoms with van der Waals surface area (Å²) in [5.74, 6) is 0.934. The standard InChI is InChI=1S/C19H19N5S/c20-18-19-23-14(13-5-3-7-21-9-13)11-24(19)15(10-22-18)17-8-12-4-1-2-6-16(12)25-17/h1-2,4,6,8,10-11,13,21H,3,5,7,9H2,(H2,20,22)/t13-/m0/s1. The summed E-state index contributed by atoms with van der Waals surface area (Å²) in [6.07, 6.45) is 6.36. The van der Waals surface area contributed by atoms with Gasteiger partial charge in [-0.3, -0.25) is 4.40 Å². The van der Waals surface area contributed by atoms with Crippen LogP contribution in [0.3, 0.4) is 0 Å². The van der Waals surface area contributed by atoms with Crippen LogP contribution >= 0.6 is 11.3 Å². The van der Waals surface area contributed by atoms with Gasteiger partial charge in [-0.25, -0.2) is 9.97 Å². The van der Waals surface area contributed by atoms with E-state index >= 15 is 0 Å². The number of nitrogen functional groups attached to an aromatic ring is 1. The lowest BCUT2D eigenvalue weighted by Gasteiger charge is -2.20. The maximum absolute atomic E-state index is 6.11. The Morgan fingerprint density at radius 2 is 2.20 bits per heavy atom. The lowest BCUT2D eigenvalue weighted by Crippen LogP contribution is -2.28. The van der Waals surface area contributed by atoms with Gasteiger partial charge >= 0.3 is 0 Å². The van der Waals surface area contributed by atoms with Gasteiger partial charge in [0.25, 0.3) is 0 Å². The Morgan fingerprint density at radius 3 is 3.04 bits per heavy atom. The van der Waals surface area contributed by atoms with E-state index in [1.54, 1.807) is 11.3 Å². The van der Waals surface area contributed by atoms with Gasteiger partial charge in [0.15, 0.2) is 11.5 Å². The Labute approximate surface area is 149 Å². The van der Waals surface area contributed by atoms with Crippen LogP contribution in [0, 0.1) is 0 Å². The molecule has 6 heteroatoms. The molecule has 25 heavy (non-hydrogen) atoms. The summed E-state index contributed by atoms with van der Waals surface area (Å²) in [4.78, 5) is 10.4. The van der Waals surface area contributed by atoms with Crippen LogP contribution in [-0.2, 0) is 0 Å². The summed E-state index contributed by atoms with van der Waals surface area (Å²) in [6.45, 7) is 2.08. The lowest BCUT2D eigenvalue weighted by atomic mass is 9.97. The molecule has 1 aliphatic heterocycles. The number of benzene rings is 1. The van der Waals surface area contributed by atoms with Crippen molar-refractivity contribution in [2.45, 2.75) is 18.8 Å². The number of hydrogen-bond donors (Lipinski definition) is 2. The minimum Gasteiger partial charge on any atom is -0.381 e. The molecule has 1 aliphatic rings. The van der Waals surface area contributed by atoms with Gasteiger partial charge in [0.1, 0.15) is 0 Å². The van der Waals surface area contributed by atoms with Crippen molar-refractivity contribution in [3.8, 4) is 10.6 Å². The second-order valence-electron chi connectivity index (χ2n) is 6.58. The molecule has 0 bridgehead atoms. The number of nitrogens with two attached hydrogens (primary N) is 1. The molecule has 0 spiro atoms. The lowest BCUT2D eigenvalue weighted by molar-refractivity contribution is 0.456. The maximum atomic E-state index is 6.11. The number of thiophene rings is 1. The SMILES string of the molecule is Nc1ncc(-c2cc3ccccc3s2)n2cc([C@H]3CCCNC3)nc12. The fraction of sp³-hybridized carbons (Fsp3) is 0.263. The molecule has 0 aliphatic carbocycles. The Balaban J connectivity index is 1.67. The molecule has 1 fully saturated rings. The van der Waals surface area contributed by atoms with Gasteiger partial charge < -0.3 is 11.1 Å². The summed E-state index contributed by atoms with van der Waals surface area (Å²) in [5, 5.41) is 4.72. The average Bonchev–Trinajstić information content (AvgIpc) is 3.28. The third-order valence-corrected chi connectivity index (χ3v) is 6.07. The van der Waals surface area contributed by atoms with Crippen molar-refractivity contribution in [2.75, 3.05) is 18.8 Å². The predicted octanol–water partition coefficient (Wildman–Crippen LogP) is 3.66. The van der Waals surface area contributed by atoms with Crippen molar-refractivity contribution in [1.82, 2.24) is 19.7 Å². The van der Waals surface area contributed by atoms with Gasteiger partial charge in [-0.05, 0) is 36.9 Å². The van der Waals surface area contributed by atoms with Gasteiger partial charge in [-0.2, -0.15) is 0 Å². The van der Waals surface area contributed by atoms with E-state index in [9.17, 15) is 0 Å². The topological polar surface area (TPSA) is 68.2 Å². The van der Waals surface area contributed by atoms with Crippen molar-refractivity contribution in [2.24, 2.45) is 0 Å². The first-order valence-electron chi connectivity index (χ1n) is 8.63. The molecule has 1 saturated heterocycles. The summed E-state index contributed by atoms with van der Waals surface area (Å²) in [6, 6.07) is 10.7. The third kappa shape index (κ3) is 2.49. The number of anilines is 1. The number of hydrogen-bond acceptors (Lipinski definition) is 5. The van der Waals surface area contributed by atoms with Crippen LogP contribution in [0.25, 0.3) is 26.3 Å². The largest absolute Gasteiger partial charge is 0.381 e. The molecule has 1 aromatic carbocycles. The van der Waals surface area contributed by atoms with Crippen LogP contribution < -0.4 is 11.1 Å². The summed E-state index contributed by atoms with van der Waals surface area (Å²) < 4.78 is 3.39. The number of nitrogens with zero attached hydrogens (tertiary/aromatic N) is 3. The van der Waals surface area contributed by atoms with Gasteiger partial charge in [-0.1, -0.05) is 18.2 Å². The molecule has 5 nitrogen and oxygen atoms in total. The van der Waals surface area contributed by atoms with Crippen molar-refractivity contribution in [3.63, 3.8) is 0 Å². The van der Waals surface area contributed by atoms with Gasteiger partial charge in [0.2, 0.25) is 0 Å². The molecule has 0 saturated carbocycles. The second kappa shape index (κ2) is 5.82. The number of imidazole rings is 1. The zero-order valence-electron chi connectivity index (χ0n) is 13.8. The van der Waals surface area contributed by atoms with E-state index in [0.717, 1.165) is 30.1 Å². The highest BCUT2D eigenvalue weighted by molar-refractivity contribution is 7.22. The molecule has 3 N–H and O–H groups in total. The highest BCUT2D eigenvalue weighted by atomic mass is 32.1. The predicted molar refractivity (Wildman–Crippen MR) is 103 cm³/mol. The quantitative estimate of drug-likeness (QED) is 0.579. The highest BCUT2D eigenvalue weighted by Gasteiger charge is 2.20. The molecular formula is C19H19N5S. The van der Waals surface area contributed by atoms with Gasteiger partial charge in [0.05, 0.1) is 22.5 Å². The van der Waals surface area contributed by atoms with E-state index in [1.807, 2.05) is 6.20 Å². The van der Waals surface area contributed by atoms with Crippen LogP contribution in [0.15, 0.2) is 42.7 Å². The Bertz CT molecular complexity index is 1030. The number of fused-ring (bicyclic) bond motifs is 2. The van der Waals surface area contributed by atoms with Gasteiger partial charge in [0, 0.05) is 23.4 Å². The Morgan fingerprint density at radius 1 is 1.28 bits per heavy atom.